The van der Waals surface area contributed by atoms with E-state index < -0.39 is 0 Å². The summed E-state index contributed by atoms with van der Waals surface area (Å²) in [6.45, 7) is 19.0. The van der Waals surface area contributed by atoms with Crippen molar-refractivity contribution in [1.29, 1.82) is 0 Å². The number of benzene rings is 5. The topological polar surface area (TPSA) is 6.48 Å². The smallest absolute Gasteiger partial charge is 0.0606 e. The zero-order valence-electron chi connectivity index (χ0n) is 29.2. The van der Waals surface area contributed by atoms with Crippen LogP contribution in [0.15, 0.2) is 146 Å². The normalized spacial score (nSPS) is 12.5. The van der Waals surface area contributed by atoms with Gasteiger partial charge in [-0.2, -0.15) is 0 Å². The fourth-order valence-electron chi connectivity index (χ4n) is 8.26. The Kier molecular flexibility index (Phi) is 9.49. The van der Waals surface area contributed by atoms with Gasteiger partial charge >= 0.3 is 0 Å². The van der Waals surface area contributed by atoms with Crippen molar-refractivity contribution in [2.24, 2.45) is 0 Å². The fraction of sp³-hybridized carbons (Fsp3) is 0.318. The first-order chi connectivity index (χ1) is 22.0. The molecule has 5 rings (SSSR count). The van der Waals surface area contributed by atoms with Gasteiger partial charge in [0.15, 0.2) is 0 Å². The summed E-state index contributed by atoms with van der Waals surface area (Å²) >= 11 is 0. The first-order valence-electron chi connectivity index (χ1n) is 16.9. The van der Waals surface area contributed by atoms with Crippen molar-refractivity contribution in [1.82, 2.24) is 0 Å². The van der Waals surface area contributed by atoms with Crippen molar-refractivity contribution in [2.75, 3.05) is 9.80 Å². The van der Waals surface area contributed by atoms with E-state index in [1.54, 1.807) is 0 Å². The van der Waals surface area contributed by atoms with Crippen molar-refractivity contribution in [3.63, 3.8) is 0 Å². The van der Waals surface area contributed by atoms with Crippen LogP contribution in [0.4, 0.5) is 17.1 Å². The Morgan fingerprint density at radius 2 is 0.717 bits per heavy atom. The zero-order valence-corrected chi connectivity index (χ0v) is 29.2. The predicted octanol–water partition coefficient (Wildman–Crippen LogP) is 12.0. The lowest BCUT2D eigenvalue weighted by atomic mass is 9.62. The van der Waals surface area contributed by atoms with E-state index in [4.69, 9.17) is 0 Å². The quantitative estimate of drug-likeness (QED) is 0.139. The molecule has 0 aliphatic rings. The first kappa shape index (κ1) is 33.1. The number of rotatable bonds is 12. The Hall–Kier alpha value is -4.30. The molecule has 0 heterocycles. The van der Waals surface area contributed by atoms with Crippen LogP contribution in [0.2, 0.25) is 0 Å². The largest absolute Gasteiger partial charge is 0.353 e. The molecule has 0 fully saturated rings. The molecule has 0 aliphatic carbocycles. The van der Waals surface area contributed by atoms with Gasteiger partial charge in [-0.15, -0.1) is 0 Å². The Morgan fingerprint density at radius 3 is 1.11 bits per heavy atom. The molecule has 0 spiro atoms. The summed E-state index contributed by atoms with van der Waals surface area (Å²) in [6.07, 6.45) is 2.04. The molecule has 2 heteroatoms. The molecule has 0 N–H and O–H groups in total. The van der Waals surface area contributed by atoms with Gasteiger partial charge in [-0.1, -0.05) is 123 Å². The van der Waals surface area contributed by atoms with Crippen molar-refractivity contribution >= 4 is 17.1 Å². The lowest BCUT2D eigenvalue weighted by molar-refractivity contribution is 0.233. The Balaban J connectivity index is 1.60. The third-order valence-corrected chi connectivity index (χ3v) is 10.7. The van der Waals surface area contributed by atoms with Crippen molar-refractivity contribution in [3.05, 3.63) is 162 Å². The van der Waals surface area contributed by atoms with Crippen LogP contribution in [0, 0.1) is 0 Å². The fourth-order valence-corrected chi connectivity index (χ4v) is 8.26. The minimum Gasteiger partial charge on any atom is -0.353 e. The third-order valence-electron chi connectivity index (χ3n) is 10.7. The van der Waals surface area contributed by atoms with Crippen LogP contribution in [0.1, 0.15) is 84.9 Å². The number of para-hydroxylation sites is 3. The Labute approximate surface area is 278 Å². The van der Waals surface area contributed by atoms with E-state index in [0.29, 0.717) is 0 Å². The summed E-state index contributed by atoms with van der Waals surface area (Å²) in [6, 6.07) is 53.1. The summed E-state index contributed by atoms with van der Waals surface area (Å²) in [4.78, 5) is 5.14. The minimum absolute atomic E-state index is 0.107. The number of hydrogen-bond acceptors (Lipinski definition) is 2. The maximum Gasteiger partial charge on any atom is 0.0606 e. The Morgan fingerprint density at radius 1 is 0.391 bits per heavy atom. The van der Waals surface area contributed by atoms with E-state index in [9.17, 15) is 0 Å². The highest BCUT2D eigenvalue weighted by Gasteiger charge is 2.48. The molecule has 0 unspecified atom stereocenters. The van der Waals surface area contributed by atoms with Crippen LogP contribution in [0.5, 0.6) is 0 Å². The monoisotopic (exact) mass is 608 g/mol. The van der Waals surface area contributed by atoms with Crippen molar-refractivity contribution in [2.45, 2.75) is 90.3 Å². The molecule has 0 atom stereocenters. The molecule has 0 radical (unpaired) electrons. The van der Waals surface area contributed by atoms with Crippen molar-refractivity contribution in [3.8, 4) is 0 Å². The Bertz CT molecular complexity index is 1610. The molecule has 46 heavy (non-hydrogen) atoms. The molecule has 5 aromatic rings. The van der Waals surface area contributed by atoms with Gasteiger partial charge in [0.25, 0.3) is 0 Å². The summed E-state index contributed by atoms with van der Waals surface area (Å²) in [5, 5.41) is 0. The zero-order chi connectivity index (χ0) is 33.0. The van der Waals surface area contributed by atoms with Gasteiger partial charge in [-0.25, -0.2) is 0 Å². The van der Waals surface area contributed by atoms with Gasteiger partial charge in [0.05, 0.1) is 11.1 Å². The second-order valence-corrected chi connectivity index (χ2v) is 14.1. The number of nitrogens with zero attached hydrogens (tertiary/aromatic N) is 2. The van der Waals surface area contributed by atoms with Gasteiger partial charge in [-0.05, 0) is 107 Å². The molecular weight excluding hydrogens is 556 g/mol. The van der Waals surface area contributed by atoms with E-state index >= 15 is 0 Å². The average molecular weight is 609 g/mol. The molecule has 0 saturated heterocycles. The highest BCUT2D eigenvalue weighted by molar-refractivity contribution is 5.67. The summed E-state index contributed by atoms with van der Waals surface area (Å²) < 4.78 is 0. The minimum atomic E-state index is -0.296. The van der Waals surface area contributed by atoms with E-state index in [2.05, 4.69) is 211 Å². The molecule has 2 nitrogen and oxygen atoms in total. The van der Waals surface area contributed by atoms with Crippen LogP contribution in [-0.2, 0) is 16.5 Å². The molecule has 0 amide bonds. The van der Waals surface area contributed by atoms with Gasteiger partial charge in [0.2, 0.25) is 0 Å². The summed E-state index contributed by atoms with van der Waals surface area (Å²) in [5.74, 6) is 0. The van der Waals surface area contributed by atoms with Crippen LogP contribution in [0.25, 0.3) is 0 Å². The molecule has 0 bridgehead atoms. The standard InChI is InChI=1S/C44H52N2/c1-9-44(10-2,43(7,8)45(38-25-17-12-18-26-38)39-27-19-13-20-28-39)37-33-31-36(32-34-37)42(5,6)46(40-29-21-14-22-30-40)41(3,4)35-23-15-11-16-24-35/h11-34H,9-10H2,1-8H3. The lowest BCUT2D eigenvalue weighted by Gasteiger charge is -2.54. The molecule has 0 aliphatic heterocycles. The average Bonchev–Trinajstić information content (AvgIpc) is 3.07. The van der Waals surface area contributed by atoms with E-state index in [1.165, 1.54) is 33.8 Å². The van der Waals surface area contributed by atoms with Crippen molar-refractivity contribution < 1.29 is 0 Å². The molecule has 5 aromatic carbocycles. The van der Waals surface area contributed by atoms with E-state index in [-0.39, 0.29) is 22.0 Å². The van der Waals surface area contributed by atoms with Gasteiger partial charge in [0, 0.05) is 28.0 Å². The lowest BCUT2D eigenvalue weighted by Crippen LogP contribution is -2.57. The molecule has 0 saturated carbocycles. The summed E-state index contributed by atoms with van der Waals surface area (Å²) in [5.41, 5.74) is 6.72. The second-order valence-electron chi connectivity index (χ2n) is 14.1. The highest BCUT2D eigenvalue weighted by Crippen LogP contribution is 2.50. The van der Waals surface area contributed by atoms with Gasteiger partial charge in [0.1, 0.15) is 0 Å². The van der Waals surface area contributed by atoms with Crippen LogP contribution in [-0.4, -0.2) is 5.54 Å². The number of hydrogen-bond donors (Lipinski definition) is 0. The van der Waals surface area contributed by atoms with E-state index in [0.717, 1.165) is 12.8 Å². The SMILES string of the molecule is CCC(CC)(c1ccc(C(C)(C)N(c2ccccc2)C(C)(C)c2ccccc2)cc1)C(C)(C)N(c1ccccc1)c1ccccc1. The third kappa shape index (κ3) is 5.86. The number of anilines is 3. The van der Waals surface area contributed by atoms with Crippen LogP contribution >= 0.6 is 0 Å². The van der Waals surface area contributed by atoms with Crippen LogP contribution < -0.4 is 9.80 Å². The van der Waals surface area contributed by atoms with Gasteiger partial charge in [-0.3, -0.25) is 0 Å². The van der Waals surface area contributed by atoms with Gasteiger partial charge < -0.3 is 9.80 Å². The van der Waals surface area contributed by atoms with Crippen LogP contribution in [0.3, 0.4) is 0 Å². The van der Waals surface area contributed by atoms with E-state index in [1.807, 2.05) is 0 Å². The molecular formula is C44H52N2. The maximum absolute atomic E-state index is 2.59. The highest BCUT2D eigenvalue weighted by atomic mass is 15.3. The first-order valence-corrected chi connectivity index (χ1v) is 16.9. The molecule has 0 aromatic heterocycles. The molecule has 238 valence electrons. The predicted molar refractivity (Wildman–Crippen MR) is 199 cm³/mol. The maximum atomic E-state index is 2.59. The summed E-state index contributed by atoms with van der Waals surface area (Å²) in [7, 11) is 0. The second kappa shape index (κ2) is 13.2.